The van der Waals surface area contributed by atoms with E-state index in [0.29, 0.717) is 27.3 Å². The number of nitrogens with zero attached hydrogens (tertiary/aromatic N) is 1. The van der Waals surface area contributed by atoms with E-state index in [1.165, 1.54) is 13.3 Å². The Balaban J connectivity index is 1.52. The van der Waals surface area contributed by atoms with Gasteiger partial charge in [-0.3, -0.25) is 4.79 Å². The van der Waals surface area contributed by atoms with Gasteiger partial charge in [-0.1, -0.05) is 0 Å². The molecule has 0 aliphatic carbocycles. The zero-order valence-electron chi connectivity index (χ0n) is 13.8. The zero-order chi connectivity index (χ0) is 18.5. The largest absolute Gasteiger partial charge is 0.503 e. The van der Waals surface area contributed by atoms with Gasteiger partial charge in [0.25, 0.3) is 5.91 Å². The molecule has 0 unspecified atom stereocenters. The van der Waals surface area contributed by atoms with Gasteiger partial charge in [-0.05, 0) is 45.8 Å². The number of amides is 1. The number of hydrogen-bond acceptors (Lipinski definition) is 7. The van der Waals surface area contributed by atoms with Crippen LogP contribution < -0.4 is 25.0 Å². The van der Waals surface area contributed by atoms with Gasteiger partial charge < -0.3 is 24.6 Å². The number of benzene rings is 2. The van der Waals surface area contributed by atoms with Gasteiger partial charge in [0.15, 0.2) is 23.0 Å². The molecule has 9 heteroatoms. The van der Waals surface area contributed by atoms with Crippen molar-refractivity contribution >= 4 is 33.7 Å². The minimum absolute atomic E-state index is 0.00149. The van der Waals surface area contributed by atoms with Crippen LogP contribution in [0.4, 0.5) is 5.69 Å². The number of ether oxygens (including phenoxy) is 3. The monoisotopic (exact) mass is 421 g/mol. The molecule has 0 aromatic heterocycles. The third-order valence-corrected chi connectivity index (χ3v) is 4.10. The molecule has 0 saturated carbocycles. The smallest absolute Gasteiger partial charge is 0.259 e. The highest BCUT2D eigenvalue weighted by atomic mass is 79.9. The molecular weight excluding hydrogens is 406 g/mol. The van der Waals surface area contributed by atoms with Crippen LogP contribution in [0.15, 0.2) is 39.9 Å². The second kappa shape index (κ2) is 7.96. The van der Waals surface area contributed by atoms with E-state index in [9.17, 15) is 9.90 Å². The molecule has 0 radical (unpaired) electrons. The first-order valence-corrected chi connectivity index (χ1v) is 8.38. The molecule has 1 heterocycles. The third-order valence-electron chi connectivity index (χ3n) is 3.50. The van der Waals surface area contributed by atoms with Crippen LogP contribution in [0.1, 0.15) is 5.56 Å². The molecule has 1 aliphatic heterocycles. The zero-order valence-corrected chi connectivity index (χ0v) is 15.4. The number of aromatic hydroxyl groups is 1. The predicted octanol–water partition coefficient (Wildman–Crippen LogP) is 2.45. The predicted molar refractivity (Wildman–Crippen MR) is 99.2 cm³/mol. The fraction of sp³-hybridized carbons (Fsp3) is 0.176. The normalized spacial score (nSPS) is 12.2. The summed E-state index contributed by atoms with van der Waals surface area (Å²) in [4.78, 5) is 11.9. The summed E-state index contributed by atoms with van der Waals surface area (Å²) in [5, 5.41) is 16.6. The average Bonchev–Trinajstić information content (AvgIpc) is 3.10. The molecule has 8 nitrogen and oxygen atoms in total. The van der Waals surface area contributed by atoms with E-state index in [2.05, 4.69) is 31.8 Å². The van der Waals surface area contributed by atoms with Crippen LogP contribution in [0.25, 0.3) is 0 Å². The first-order chi connectivity index (χ1) is 12.6. The number of hydrazone groups is 1. The molecule has 136 valence electrons. The van der Waals surface area contributed by atoms with Gasteiger partial charge in [-0.2, -0.15) is 5.10 Å². The van der Waals surface area contributed by atoms with Gasteiger partial charge in [0.1, 0.15) is 0 Å². The molecule has 0 bridgehead atoms. The van der Waals surface area contributed by atoms with Crippen molar-refractivity contribution in [3.05, 3.63) is 40.4 Å². The third kappa shape index (κ3) is 4.17. The Morgan fingerprint density at radius 3 is 2.96 bits per heavy atom. The number of phenolic OH excluding ortho intramolecular Hbond substituents is 1. The molecule has 0 fully saturated rings. The standard InChI is InChI=1S/C17H16BrN3O5/c1-24-15-5-10(4-12(18)17(15)23)7-20-21-16(22)8-19-11-2-3-13-14(6-11)26-9-25-13/h2-7,19,23H,8-9H2,1H3,(H,21,22). The van der Waals surface area contributed by atoms with Crippen LogP contribution in [-0.4, -0.2) is 37.7 Å². The summed E-state index contributed by atoms with van der Waals surface area (Å²) in [7, 11) is 1.45. The molecule has 26 heavy (non-hydrogen) atoms. The number of halogens is 1. The molecule has 3 rings (SSSR count). The number of carbonyl (C=O) groups excluding carboxylic acids is 1. The van der Waals surface area contributed by atoms with Crippen LogP contribution in [-0.2, 0) is 4.79 Å². The van der Waals surface area contributed by atoms with Crippen molar-refractivity contribution in [2.75, 3.05) is 25.8 Å². The summed E-state index contributed by atoms with van der Waals surface area (Å²) >= 11 is 3.22. The summed E-state index contributed by atoms with van der Waals surface area (Å²) in [6.07, 6.45) is 1.45. The number of rotatable bonds is 6. The van der Waals surface area contributed by atoms with E-state index < -0.39 is 0 Å². The van der Waals surface area contributed by atoms with Crippen LogP contribution in [0.2, 0.25) is 0 Å². The number of phenols is 1. The van der Waals surface area contributed by atoms with E-state index in [-0.39, 0.29) is 25.0 Å². The molecule has 2 aromatic carbocycles. The molecule has 3 N–H and O–H groups in total. The summed E-state index contributed by atoms with van der Waals surface area (Å²) in [6.45, 7) is 0.242. The Hall–Kier alpha value is -2.94. The van der Waals surface area contributed by atoms with E-state index >= 15 is 0 Å². The van der Waals surface area contributed by atoms with Crippen LogP contribution in [0.5, 0.6) is 23.0 Å². The average molecular weight is 422 g/mol. The van der Waals surface area contributed by atoms with Crippen molar-refractivity contribution < 1.29 is 24.1 Å². The Morgan fingerprint density at radius 1 is 1.35 bits per heavy atom. The topological polar surface area (TPSA) is 101 Å². The highest BCUT2D eigenvalue weighted by molar-refractivity contribution is 9.10. The number of carbonyl (C=O) groups is 1. The summed E-state index contributed by atoms with van der Waals surface area (Å²) in [5.74, 6) is 1.31. The number of anilines is 1. The first kappa shape index (κ1) is 17.9. The first-order valence-electron chi connectivity index (χ1n) is 7.59. The molecule has 0 atom stereocenters. The molecule has 0 spiro atoms. The number of fused-ring (bicyclic) bond motifs is 1. The van der Waals surface area contributed by atoms with Gasteiger partial charge in [0, 0.05) is 11.8 Å². The van der Waals surface area contributed by atoms with Crippen LogP contribution in [0, 0.1) is 0 Å². The second-order valence-corrected chi connectivity index (χ2v) is 6.12. The van der Waals surface area contributed by atoms with Gasteiger partial charge >= 0.3 is 0 Å². The Bertz CT molecular complexity index is 857. The summed E-state index contributed by atoms with van der Waals surface area (Å²) < 4.78 is 16.0. The maximum Gasteiger partial charge on any atom is 0.259 e. The second-order valence-electron chi connectivity index (χ2n) is 5.27. The SMILES string of the molecule is COc1cc(C=NNC(=O)CNc2ccc3c(c2)OCO3)cc(Br)c1O. The lowest BCUT2D eigenvalue weighted by atomic mass is 10.2. The number of hydrogen-bond donors (Lipinski definition) is 3. The van der Waals surface area contributed by atoms with Crippen molar-refractivity contribution in [2.45, 2.75) is 0 Å². The summed E-state index contributed by atoms with van der Waals surface area (Å²) in [6, 6.07) is 8.58. The van der Waals surface area contributed by atoms with Crippen molar-refractivity contribution in [3.63, 3.8) is 0 Å². The van der Waals surface area contributed by atoms with Crippen LogP contribution >= 0.6 is 15.9 Å². The Kier molecular flexibility index (Phi) is 5.47. The molecule has 1 amide bonds. The maximum atomic E-state index is 11.9. The van der Waals surface area contributed by atoms with Gasteiger partial charge in [0.05, 0.1) is 24.3 Å². The molecule has 2 aromatic rings. The fourth-order valence-electron chi connectivity index (χ4n) is 2.23. The van der Waals surface area contributed by atoms with Crippen molar-refractivity contribution in [1.29, 1.82) is 0 Å². The molecular formula is C17H16BrN3O5. The van der Waals surface area contributed by atoms with Crippen molar-refractivity contribution in [2.24, 2.45) is 5.10 Å². The fourth-order valence-corrected chi connectivity index (χ4v) is 2.69. The lowest BCUT2D eigenvalue weighted by Gasteiger charge is -2.07. The Morgan fingerprint density at radius 2 is 2.15 bits per heavy atom. The van der Waals surface area contributed by atoms with E-state index in [1.54, 1.807) is 30.3 Å². The minimum atomic E-state index is -0.316. The number of methoxy groups -OCH3 is 1. The van der Waals surface area contributed by atoms with Gasteiger partial charge in [0.2, 0.25) is 6.79 Å². The lowest BCUT2D eigenvalue weighted by Crippen LogP contribution is -2.25. The van der Waals surface area contributed by atoms with Crippen molar-refractivity contribution in [3.8, 4) is 23.0 Å². The van der Waals surface area contributed by atoms with Crippen LogP contribution in [0.3, 0.4) is 0 Å². The van der Waals surface area contributed by atoms with Gasteiger partial charge in [-0.25, -0.2) is 5.43 Å². The quantitative estimate of drug-likeness (QED) is 0.489. The highest BCUT2D eigenvalue weighted by Crippen LogP contribution is 2.35. The maximum absolute atomic E-state index is 11.9. The van der Waals surface area contributed by atoms with E-state index in [4.69, 9.17) is 14.2 Å². The number of nitrogens with one attached hydrogen (secondary N) is 2. The minimum Gasteiger partial charge on any atom is -0.503 e. The van der Waals surface area contributed by atoms with Crippen molar-refractivity contribution in [1.82, 2.24) is 5.43 Å². The summed E-state index contributed by atoms with van der Waals surface area (Å²) in [5.41, 5.74) is 3.80. The van der Waals surface area contributed by atoms with E-state index in [1.807, 2.05) is 0 Å². The highest BCUT2D eigenvalue weighted by Gasteiger charge is 2.13. The lowest BCUT2D eigenvalue weighted by molar-refractivity contribution is -0.119. The van der Waals surface area contributed by atoms with Gasteiger partial charge in [-0.15, -0.1) is 0 Å². The molecule has 0 saturated heterocycles. The Labute approximate surface area is 157 Å². The molecule has 1 aliphatic rings. The van der Waals surface area contributed by atoms with E-state index in [0.717, 1.165) is 5.69 Å².